The van der Waals surface area contributed by atoms with Gasteiger partial charge in [-0.1, -0.05) is 25.5 Å². The minimum atomic E-state index is -0.00100. The van der Waals surface area contributed by atoms with E-state index in [4.69, 9.17) is 9.47 Å². The number of hydrogen-bond donors (Lipinski definition) is 2. The van der Waals surface area contributed by atoms with Crippen LogP contribution in [-0.4, -0.2) is 64.3 Å². The quantitative estimate of drug-likeness (QED) is 0.209. The second kappa shape index (κ2) is 15.4. The summed E-state index contributed by atoms with van der Waals surface area (Å²) in [6.45, 7) is 6.67. The first-order chi connectivity index (χ1) is 13.0. The van der Waals surface area contributed by atoms with Crippen molar-refractivity contribution >= 4 is 35.8 Å². The Labute approximate surface area is 186 Å². The Hall–Kier alpha value is -1.55. The number of amides is 1. The van der Waals surface area contributed by atoms with Gasteiger partial charge in [-0.3, -0.25) is 4.79 Å². The summed E-state index contributed by atoms with van der Waals surface area (Å²) >= 11 is 0. The molecule has 0 atom stereocenters. The van der Waals surface area contributed by atoms with E-state index < -0.39 is 0 Å². The van der Waals surface area contributed by atoms with Gasteiger partial charge in [0.05, 0.1) is 19.7 Å². The Morgan fingerprint density at radius 3 is 2.61 bits per heavy atom. The SMILES string of the molecule is CCCCNC(=NCc1ccc(C)cc1OCCOC)NCC(=O)N(C)C.I. The molecule has 0 aliphatic heterocycles. The maximum atomic E-state index is 11.8. The number of hydrogen-bond acceptors (Lipinski definition) is 4. The van der Waals surface area contributed by atoms with E-state index in [0.29, 0.717) is 25.7 Å². The smallest absolute Gasteiger partial charge is 0.241 e. The van der Waals surface area contributed by atoms with Gasteiger partial charge in [-0.2, -0.15) is 0 Å². The number of benzene rings is 1. The van der Waals surface area contributed by atoms with E-state index in [9.17, 15) is 4.79 Å². The standard InChI is InChI=1S/C20H34N4O3.HI/c1-6-7-10-21-20(23-15-19(25)24(3)4)22-14-17-9-8-16(2)13-18(17)27-12-11-26-5;/h8-9,13H,6-7,10-12,14-15H2,1-5H3,(H2,21,22,23);1H. The zero-order valence-electron chi connectivity index (χ0n) is 17.7. The van der Waals surface area contributed by atoms with Crippen LogP contribution >= 0.6 is 24.0 Å². The van der Waals surface area contributed by atoms with Gasteiger partial charge in [0.2, 0.25) is 5.91 Å². The van der Waals surface area contributed by atoms with Crippen molar-refractivity contribution in [3.63, 3.8) is 0 Å². The minimum absolute atomic E-state index is 0. The van der Waals surface area contributed by atoms with Gasteiger partial charge in [-0.15, -0.1) is 24.0 Å². The normalized spacial score (nSPS) is 10.8. The van der Waals surface area contributed by atoms with E-state index in [0.717, 1.165) is 36.3 Å². The highest BCUT2D eigenvalue weighted by atomic mass is 127. The summed E-state index contributed by atoms with van der Waals surface area (Å²) in [5, 5.41) is 6.38. The third-order valence-electron chi connectivity index (χ3n) is 3.90. The number of likely N-dealkylation sites (N-methyl/N-ethyl adjacent to an activating group) is 1. The Morgan fingerprint density at radius 1 is 1.21 bits per heavy atom. The minimum Gasteiger partial charge on any atom is -0.491 e. The third kappa shape index (κ3) is 10.7. The molecule has 0 aliphatic rings. The van der Waals surface area contributed by atoms with Crippen LogP contribution in [0.2, 0.25) is 0 Å². The molecule has 0 aromatic heterocycles. The third-order valence-corrected chi connectivity index (χ3v) is 3.90. The van der Waals surface area contributed by atoms with Crippen molar-refractivity contribution in [2.24, 2.45) is 4.99 Å². The predicted octanol–water partition coefficient (Wildman–Crippen LogP) is 2.56. The molecule has 8 heteroatoms. The van der Waals surface area contributed by atoms with Crippen molar-refractivity contribution < 1.29 is 14.3 Å². The fraction of sp³-hybridized carbons (Fsp3) is 0.600. The molecule has 0 spiro atoms. The van der Waals surface area contributed by atoms with Gasteiger partial charge in [0.25, 0.3) is 0 Å². The van der Waals surface area contributed by atoms with Crippen molar-refractivity contribution in [1.82, 2.24) is 15.5 Å². The average molecular weight is 506 g/mol. The molecule has 0 radical (unpaired) electrons. The highest BCUT2D eigenvalue weighted by molar-refractivity contribution is 14.0. The predicted molar refractivity (Wildman–Crippen MR) is 125 cm³/mol. The lowest BCUT2D eigenvalue weighted by Crippen LogP contribution is -2.43. The van der Waals surface area contributed by atoms with Gasteiger partial charge in [0.15, 0.2) is 5.96 Å². The number of aryl methyl sites for hydroxylation is 1. The fourth-order valence-corrected chi connectivity index (χ4v) is 2.20. The molecule has 0 unspecified atom stereocenters. The number of carbonyl (C=O) groups excluding carboxylic acids is 1. The first-order valence-electron chi connectivity index (χ1n) is 9.41. The van der Waals surface area contributed by atoms with Crippen molar-refractivity contribution in [1.29, 1.82) is 0 Å². The number of nitrogens with one attached hydrogen (secondary N) is 2. The first-order valence-corrected chi connectivity index (χ1v) is 9.41. The fourth-order valence-electron chi connectivity index (χ4n) is 2.20. The summed E-state index contributed by atoms with van der Waals surface area (Å²) in [6, 6.07) is 6.07. The van der Waals surface area contributed by atoms with Gasteiger partial charge < -0.3 is 25.0 Å². The lowest BCUT2D eigenvalue weighted by atomic mass is 10.1. The van der Waals surface area contributed by atoms with Crippen LogP contribution < -0.4 is 15.4 Å². The number of guanidine groups is 1. The zero-order valence-corrected chi connectivity index (χ0v) is 20.0. The highest BCUT2D eigenvalue weighted by Crippen LogP contribution is 2.21. The van der Waals surface area contributed by atoms with Crippen LogP contribution in [0.3, 0.4) is 0 Å². The molecule has 7 nitrogen and oxygen atoms in total. The van der Waals surface area contributed by atoms with Crippen LogP contribution in [0.4, 0.5) is 0 Å². The average Bonchev–Trinajstić information content (AvgIpc) is 2.64. The van der Waals surface area contributed by atoms with E-state index in [-0.39, 0.29) is 36.4 Å². The number of aliphatic imine (C=N–C) groups is 1. The molecule has 0 saturated carbocycles. The molecule has 1 rings (SSSR count). The van der Waals surface area contributed by atoms with E-state index in [1.807, 2.05) is 25.1 Å². The Kier molecular flexibility index (Phi) is 14.5. The molecule has 0 saturated heterocycles. The zero-order chi connectivity index (χ0) is 20.1. The lowest BCUT2D eigenvalue weighted by Gasteiger charge is -2.15. The summed E-state index contributed by atoms with van der Waals surface area (Å²) in [5.41, 5.74) is 2.12. The van der Waals surface area contributed by atoms with E-state index in [1.54, 1.807) is 26.1 Å². The van der Waals surface area contributed by atoms with E-state index in [1.165, 1.54) is 0 Å². The van der Waals surface area contributed by atoms with Crippen LogP contribution in [0.15, 0.2) is 23.2 Å². The van der Waals surface area contributed by atoms with Gasteiger partial charge in [-0.25, -0.2) is 4.99 Å². The van der Waals surface area contributed by atoms with Crippen LogP contribution in [-0.2, 0) is 16.1 Å². The van der Waals surface area contributed by atoms with Crippen LogP contribution in [0.1, 0.15) is 30.9 Å². The molecule has 1 amide bonds. The second-order valence-electron chi connectivity index (χ2n) is 6.54. The molecular formula is C20H35IN4O3. The Balaban J connectivity index is 0.00000729. The van der Waals surface area contributed by atoms with Gasteiger partial charge >= 0.3 is 0 Å². The number of methoxy groups -OCH3 is 1. The van der Waals surface area contributed by atoms with Crippen molar-refractivity contribution in [2.75, 3.05) is 47.5 Å². The summed E-state index contributed by atoms with van der Waals surface area (Å²) in [5.74, 6) is 1.44. The number of unbranched alkanes of at least 4 members (excludes halogenated alkanes) is 1. The second-order valence-corrected chi connectivity index (χ2v) is 6.54. The number of halogens is 1. The largest absolute Gasteiger partial charge is 0.491 e. The first kappa shape index (κ1) is 26.4. The van der Waals surface area contributed by atoms with Crippen molar-refractivity contribution in [2.45, 2.75) is 33.2 Å². The number of ether oxygens (including phenoxy) is 2. The Bertz CT molecular complexity index is 609. The molecule has 2 N–H and O–H groups in total. The number of carbonyl (C=O) groups is 1. The number of nitrogens with zero attached hydrogens (tertiary/aromatic N) is 2. The monoisotopic (exact) mass is 506 g/mol. The van der Waals surface area contributed by atoms with Crippen LogP contribution in [0.5, 0.6) is 5.75 Å². The molecule has 28 heavy (non-hydrogen) atoms. The summed E-state index contributed by atoms with van der Waals surface area (Å²) in [4.78, 5) is 18.0. The molecular weight excluding hydrogens is 471 g/mol. The molecule has 0 fully saturated rings. The molecule has 160 valence electrons. The van der Waals surface area contributed by atoms with Gasteiger partial charge in [0.1, 0.15) is 12.4 Å². The molecule has 0 bridgehead atoms. The highest BCUT2D eigenvalue weighted by Gasteiger charge is 2.08. The summed E-state index contributed by atoms with van der Waals surface area (Å²) < 4.78 is 10.9. The van der Waals surface area contributed by atoms with Gasteiger partial charge in [0, 0.05) is 33.3 Å². The topological polar surface area (TPSA) is 75.2 Å². The molecule has 1 aromatic carbocycles. The summed E-state index contributed by atoms with van der Waals surface area (Å²) in [6.07, 6.45) is 2.13. The number of rotatable bonds is 11. The van der Waals surface area contributed by atoms with Gasteiger partial charge in [-0.05, 0) is 25.0 Å². The van der Waals surface area contributed by atoms with Crippen molar-refractivity contribution in [3.05, 3.63) is 29.3 Å². The van der Waals surface area contributed by atoms with E-state index >= 15 is 0 Å². The van der Waals surface area contributed by atoms with Crippen LogP contribution in [0.25, 0.3) is 0 Å². The molecule has 0 aliphatic carbocycles. The molecule has 1 aromatic rings. The van der Waals surface area contributed by atoms with Crippen LogP contribution in [0, 0.1) is 6.92 Å². The Morgan fingerprint density at radius 2 is 1.96 bits per heavy atom. The molecule has 0 heterocycles. The maximum Gasteiger partial charge on any atom is 0.241 e. The summed E-state index contributed by atoms with van der Waals surface area (Å²) in [7, 11) is 5.13. The van der Waals surface area contributed by atoms with Crippen molar-refractivity contribution in [3.8, 4) is 5.75 Å². The van der Waals surface area contributed by atoms with E-state index in [2.05, 4.69) is 22.5 Å². The lowest BCUT2D eigenvalue weighted by molar-refractivity contribution is -0.127. The maximum absolute atomic E-state index is 11.8.